The number of nitrogens with one attached hydrogen (secondary N) is 1. The van der Waals surface area contributed by atoms with E-state index in [4.69, 9.17) is 14.9 Å². The van der Waals surface area contributed by atoms with Crippen molar-refractivity contribution >= 4 is 5.71 Å². The number of halogens is 3. The van der Waals surface area contributed by atoms with Crippen LogP contribution in [0.3, 0.4) is 0 Å². The Morgan fingerprint density at radius 1 is 1.06 bits per heavy atom. The molecule has 0 aliphatic carbocycles. The fraction of sp³-hybridized carbons (Fsp3) is 0.300. The van der Waals surface area contributed by atoms with Crippen LogP contribution in [0.25, 0.3) is 0 Å². The molecule has 1 aromatic rings. The summed E-state index contributed by atoms with van der Waals surface area (Å²) < 4.78 is 46.5. The molecule has 0 aromatic heterocycles. The first-order chi connectivity index (χ1) is 7.38. The maximum absolute atomic E-state index is 12.3. The Morgan fingerprint density at radius 3 is 1.81 bits per heavy atom. The summed E-state index contributed by atoms with van der Waals surface area (Å²) in [5, 5.41) is 6.99. The van der Waals surface area contributed by atoms with Crippen LogP contribution in [-0.4, -0.2) is 26.1 Å². The molecule has 6 heteroatoms. The smallest absolute Gasteiger partial charge is 0.433 e. The van der Waals surface area contributed by atoms with E-state index in [-0.39, 0.29) is 17.1 Å². The quantitative estimate of drug-likeness (QED) is 0.815. The number of methoxy groups -OCH3 is 2. The Hall–Kier alpha value is -1.72. The van der Waals surface area contributed by atoms with Crippen LogP contribution in [0.15, 0.2) is 18.2 Å². The summed E-state index contributed by atoms with van der Waals surface area (Å²) in [4.78, 5) is 0. The molecule has 0 unspecified atom stereocenters. The van der Waals surface area contributed by atoms with E-state index in [1.165, 1.54) is 20.3 Å². The van der Waals surface area contributed by atoms with Gasteiger partial charge in [-0.2, -0.15) is 13.2 Å². The van der Waals surface area contributed by atoms with Crippen molar-refractivity contribution in [2.45, 2.75) is 6.18 Å². The van der Waals surface area contributed by atoms with Gasteiger partial charge in [0.2, 0.25) is 0 Å². The lowest BCUT2D eigenvalue weighted by Crippen LogP contribution is -2.22. The van der Waals surface area contributed by atoms with E-state index in [2.05, 4.69) is 0 Å². The molecule has 0 atom stereocenters. The van der Waals surface area contributed by atoms with Crippen molar-refractivity contribution in [2.75, 3.05) is 14.2 Å². The van der Waals surface area contributed by atoms with Crippen molar-refractivity contribution in [3.05, 3.63) is 23.8 Å². The van der Waals surface area contributed by atoms with Gasteiger partial charge in [-0.25, -0.2) is 0 Å². The summed E-state index contributed by atoms with van der Waals surface area (Å²) >= 11 is 0. The lowest BCUT2D eigenvalue weighted by molar-refractivity contribution is -0.0587. The monoisotopic (exact) mass is 233 g/mol. The Bertz CT molecular complexity index is 379. The first-order valence-corrected chi connectivity index (χ1v) is 4.27. The molecule has 0 amide bonds. The molecule has 0 fully saturated rings. The average molecular weight is 233 g/mol. The molecule has 0 saturated heterocycles. The highest BCUT2D eigenvalue weighted by molar-refractivity contribution is 6.02. The highest BCUT2D eigenvalue weighted by atomic mass is 19.4. The SMILES string of the molecule is COc1cc(OC)cc(C(=N)C(F)(F)F)c1. The van der Waals surface area contributed by atoms with Crippen LogP contribution in [-0.2, 0) is 0 Å². The minimum Gasteiger partial charge on any atom is -0.497 e. The van der Waals surface area contributed by atoms with Crippen LogP contribution in [0.5, 0.6) is 11.5 Å². The third-order valence-electron chi connectivity index (χ3n) is 1.92. The lowest BCUT2D eigenvalue weighted by atomic mass is 10.1. The minimum atomic E-state index is -4.68. The number of hydrogen-bond donors (Lipinski definition) is 1. The van der Waals surface area contributed by atoms with Crippen molar-refractivity contribution in [1.29, 1.82) is 5.41 Å². The highest BCUT2D eigenvalue weighted by Gasteiger charge is 2.35. The third-order valence-corrected chi connectivity index (χ3v) is 1.92. The Morgan fingerprint density at radius 2 is 1.50 bits per heavy atom. The summed E-state index contributed by atoms with van der Waals surface area (Å²) in [5.74, 6) is 0.423. The van der Waals surface area contributed by atoms with E-state index in [1.807, 2.05) is 0 Å². The molecule has 1 N–H and O–H groups in total. The number of alkyl halides is 3. The Kier molecular flexibility index (Phi) is 3.41. The Labute approximate surface area is 90.3 Å². The molecule has 1 rings (SSSR count). The van der Waals surface area contributed by atoms with Crippen LogP contribution < -0.4 is 9.47 Å². The predicted molar refractivity (Wildman–Crippen MR) is 52.4 cm³/mol. The fourth-order valence-corrected chi connectivity index (χ4v) is 1.12. The van der Waals surface area contributed by atoms with Crippen LogP contribution in [0.4, 0.5) is 13.2 Å². The summed E-state index contributed by atoms with van der Waals surface area (Å²) in [6.45, 7) is 0. The molecular formula is C10H10F3NO2. The van der Waals surface area contributed by atoms with Gasteiger partial charge in [-0.3, -0.25) is 5.41 Å². The van der Waals surface area contributed by atoms with Crippen molar-refractivity contribution in [3.63, 3.8) is 0 Å². The summed E-state index contributed by atoms with van der Waals surface area (Å²) in [5.41, 5.74) is -1.71. The van der Waals surface area contributed by atoms with Crippen LogP contribution in [0.1, 0.15) is 5.56 Å². The number of hydrogen-bond acceptors (Lipinski definition) is 3. The molecule has 0 heterocycles. The van der Waals surface area contributed by atoms with Crippen LogP contribution >= 0.6 is 0 Å². The van der Waals surface area contributed by atoms with E-state index >= 15 is 0 Å². The third kappa shape index (κ3) is 2.65. The molecule has 0 aliphatic heterocycles. The molecule has 16 heavy (non-hydrogen) atoms. The van der Waals surface area contributed by atoms with E-state index < -0.39 is 11.9 Å². The number of ether oxygens (including phenoxy) is 2. The van der Waals surface area contributed by atoms with Gasteiger partial charge >= 0.3 is 6.18 Å². The lowest BCUT2D eigenvalue weighted by Gasteiger charge is -2.11. The molecule has 3 nitrogen and oxygen atoms in total. The molecular weight excluding hydrogens is 223 g/mol. The average Bonchev–Trinajstić information content (AvgIpc) is 2.26. The van der Waals surface area contributed by atoms with Gasteiger partial charge in [0.25, 0.3) is 0 Å². The van der Waals surface area contributed by atoms with Gasteiger partial charge in [0.15, 0.2) is 0 Å². The summed E-state index contributed by atoms with van der Waals surface area (Å²) in [7, 11) is 2.66. The standard InChI is InChI=1S/C10H10F3NO2/c1-15-7-3-6(4-8(5-7)16-2)9(14)10(11,12)13/h3-5,14H,1-2H3. The predicted octanol–water partition coefficient (Wildman–Crippen LogP) is 2.63. The summed E-state index contributed by atoms with van der Waals surface area (Å²) in [6, 6.07) is 3.71. The molecule has 0 radical (unpaired) electrons. The van der Waals surface area contributed by atoms with Gasteiger partial charge in [-0.15, -0.1) is 0 Å². The van der Waals surface area contributed by atoms with E-state index in [0.29, 0.717) is 0 Å². The minimum absolute atomic E-state index is 0.211. The normalized spacial score (nSPS) is 11.1. The van der Waals surface area contributed by atoms with Crippen molar-refractivity contribution < 1.29 is 22.6 Å². The van der Waals surface area contributed by atoms with Gasteiger partial charge in [0.1, 0.15) is 17.2 Å². The van der Waals surface area contributed by atoms with Crippen LogP contribution in [0, 0.1) is 5.41 Å². The molecule has 88 valence electrons. The largest absolute Gasteiger partial charge is 0.497 e. The molecule has 0 saturated carbocycles. The maximum atomic E-state index is 12.3. The van der Waals surface area contributed by atoms with E-state index in [0.717, 1.165) is 12.1 Å². The van der Waals surface area contributed by atoms with Crippen molar-refractivity contribution in [3.8, 4) is 11.5 Å². The van der Waals surface area contributed by atoms with Gasteiger partial charge in [-0.1, -0.05) is 0 Å². The maximum Gasteiger partial charge on any atom is 0.433 e. The fourth-order valence-electron chi connectivity index (χ4n) is 1.12. The number of rotatable bonds is 3. The van der Waals surface area contributed by atoms with E-state index in [9.17, 15) is 13.2 Å². The second kappa shape index (κ2) is 4.42. The Balaban J connectivity index is 3.18. The van der Waals surface area contributed by atoms with Crippen molar-refractivity contribution in [2.24, 2.45) is 0 Å². The molecule has 0 spiro atoms. The van der Waals surface area contributed by atoms with Gasteiger partial charge in [0.05, 0.1) is 14.2 Å². The topological polar surface area (TPSA) is 42.3 Å². The van der Waals surface area contributed by atoms with Crippen molar-refractivity contribution in [1.82, 2.24) is 0 Å². The number of benzene rings is 1. The second-order valence-corrected chi connectivity index (χ2v) is 2.97. The zero-order valence-corrected chi connectivity index (χ0v) is 8.68. The molecule has 0 bridgehead atoms. The van der Waals surface area contributed by atoms with Crippen LogP contribution in [0.2, 0.25) is 0 Å². The second-order valence-electron chi connectivity index (χ2n) is 2.97. The molecule has 1 aromatic carbocycles. The zero-order chi connectivity index (χ0) is 12.3. The summed E-state index contributed by atoms with van der Waals surface area (Å²) in [6.07, 6.45) is -4.68. The zero-order valence-electron chi connectivity index (χ0n) is 8.68. The first kappa shape index (κ1) is 12.4. The first-order valence-electron chi connectivity index (χ1n) is 4.27. The van der Waals surface area contributed by atoms with Gasteiger partial charge < -0.3 is 9.47 Å². The molecule has 0 aliphatic rings. The van der Waals surface area contributed by atoms with Gasteiger partial charge in [-0.05, 0) is 12.1 Å². The highest BCUT2D eigenvalue weighted by Crippen LogP contribution is 2.27. The van der Waals surface area contributed by atoms with E-state index in [1.54, 1.807) is 0 Å². The van der Waals surface area contributed by atoms with Gasteiger partial charge in [0, 0.05) is 11.6 Å².